The van der Waals surface area contributed by atoms with E-state index in [2.05, 4.69) is 26.9 Å². The summed E-state index contributed by atoms with van der Waals surface area (Å²) in [5.74, 6) is 0. The highest BCUT2D eigenvalue weighted by Gasteiger charge is 2.09. The summed E-state index contributed by atoms with van der Waals surface area (Å²) >= 11 is 9.50. The summed E-state index contributed by atoms with van der Waals surface area (Å²) in [7, 11) is 2.00. The summed E-state index contributed by atoms with van der Waals surface area (Å²) in [4.78, 5) is 2.10. The van der Waals surface area contributed by atoms with E-state index in [1.807, 2.05) is 37.4 Å². The number of hydrogen-bond donors (Lipinski definition) is 1. The van der Waals surface area contributed by atoms with Crippen LogP contribution in [0.25, 0.3) is 0 Å². The lowest BCUT2D eigenvalue weighted by atomic mass is 10.1. The fraction of sp³-hybridized carbons (Fsp3) is 0.200. The molecule has 0 saturated carbocycles. The molecule has 0 aliphatic heterocycles. The molecule has 2 aromatic carbocycles. The maximum atomic E-state index is 9.42. The Morgan fingerprint density at radius 1 is 1.16 bits per heavy atom. The SMILES string of the molecule is CN(Cc1ccccc1Br)c1ccc(Cl)cc1CO. The monoisotopic (exact) mass is 339 g/mol. The normalized spacial score (nSPS) is 10.5. The second-order valence-electron chi connectivity index (χ2n) is 4.38. The van der Waals surface area contributed by atoms with E-state index in [0.29, 0.717) is 5.02 Å². The summed E-state index contributed by atoms with van der Waals surface area (Å²) < 4.78 is 1.08. The molecule has 0 fully saturated rings. The third kappa shape index (κ3) is 3.50. The summed E-state index contributed by atoms with van der Waals surface area (Å²) in [5, 5.41) is 10.1. The van der Waals surface area contributed by atoms with E-state index in [1.165, 1.54) is 5.56 Å². The van der Waals surface area contributed by atoms with Gasteiger partial charge in [-0.25, -0.2) is 0 Å². The Balaban J connectivity index is 2.25. The average Bonchev–Trinajstić information content (AvgIpc) is 2.41. The van der Waals surface area contributed by atoms with Gasteiger partial charge < -0.3 is 10.0 Å². The van der Waals surface area contributed by atoms with Crippen LogP contribution in [0.15, 0.2) is 46.9 Å². The largest absolute Gasteiger partial charge is 0.392 e. The maximum absolute atomic E-state index is 9.42. The molecule has 0 aliphatic rings. The smallest absolute Gasteiger partial charge is 0.0702 e. The van der Waals surface area contributed by atoms with Crippen LogP contribution in [0.2, 0.25) is 5.02 Å². The molecule has 2 aromatic rings. The van der Waals surface area contributed by atoms with Crippen LogP contribution in [-0.2, 0) is 13.2 Å². The van der Waals surface area contributed by atoms with Gasteiger partial charge in [-0.3, -0.25) is 0 Å². The predicted octanol–water partition coefficient (Wildman–Crippen LogP) is 4.23. The van der Waals surface area contributed by atoms with Crippen molar-refractivity contribution in [2.24, 2.45) is 0 Å². The minimum atomic E-state index is -0.0177. The third-order valence-corrected chi connectivity index (χ3v) is 4.00. The second-order valence-corrected chi connectivity index (χ2v) is 5.67. The Bertz CT molecular complexity index is 574. The molecule has 2 nitrogen and oxygen atoms in total. The van der Waals surface area contributed by atoms with E-state index in [4.69, 9.17) is 11.6 Å². The van der Waals surface area contributed by atoms with Crippen LogP contribution in [0.3, 0.4) is 0 Å². The van der Waals surface area contributed by atoms with Gasteiger partial charge in [0.25, 0.3) is 0 Å². The zero-order valence-electron chi connectivity index (χ0n) is 10.6. The first kappa shape index (κ1) is 14.4. The molecule has 0 aromatic heterocycles. The van der Waals surface area contributed by atoms with Crippen molar-refractivity contribution in [3.05, 3.63) is 63.1 Å². The number of benzene rings is 2. The molecule has 0 amide bonds. The van der Waals surface area contributed by atoms with Gasteiger partial charge in [0.2, 0.25) is 0 Å². The van der Waals surface area contributed by atoms with Gasteiger partial charge in [0.1, 0.15) is 0 Å². The number of nitrogens with zero attached hydrogens (tertiary/aromatic N) is 1. The first-order chi connectivity index (χ1) is 9.11. The molecule has 0 bridgehead atoms. The number of hydrogen-bond acceptors (Lipinski definition) is 2. The van der Waals surface area contributed by atoms with Gasteiger partial charge in [0.05, 0.1) is 6.61 Å². The highest BCUT2D eigenvalue weighted by Crippen LogP contribution is 2.26. The number of anilines is 1. The van der Waals surface area contributed by atoms with Gasteiger partial charge in [-0.1, -0.05) is 45.7 Å². The van der Waals surface area contributed by atoms with Gasteiger partial charge in [0, 0.05) is 34.3 Å². The molecule has 0 heterocycles. The fourth-order valence-corrected chi connectivity index (χ4v) is 2.63. The van der Waals surface area contributed by atoms with Crippen molar-refractivity contribution in [3.8, 4) is 0 Å². The van der Waals surface area contributed by atoms with E-state index in [0.717, 1.165) is 22.3 Å². The van der Waals surface area contributed by atoms with E-state index >= 15 is 0 Å². The zero-order chi connectivity index (χ0) is 13.8. The molecule has 0 spiro atoms. The van der Waals surface area contributed by atoms with Crippen molar-refractivity contribution in [3.63, 3.8) is 0 Å². The van der Waals surface area contributed by atoms with Crippen molar-refractivity contribution in [1.82, 2.24) is 0 Å². The number of aliphatic hydroxyl groups excluding tert-OH is 1. The minimum absolute atomic E-state index is 0.0177. The predicted molar refractivity (Wildman–Crippen MR) is 83.6 cm³/mol. The number of aliphatic hydroxyl groups is 1. The standard InChI is InChI=1S/C15H15BrClNO/c1-18(9-11-4-2-3-5-14(11)16)15-7-6-13(17)8-12(15)10-19/h2-8,19H,9-10H2,1H3. The van der Waals surface area contributed by atoms with E-state index in [-0.39, 0.29) is 6.61 Å². The first-order valence-corrected chi connectivity index (χ1v) is 7.12. The van der Waals surface area contributed by atoms with Crippen molar-refractivity contribution < 1.29 is 5.11 Å². The molecule has 0 unspecified atom stereocenters. The van der Waals surface area contributed by atoms with Crippen molar-refractivity contribution in [1.29, 1.82) is 0 Å². The summed E-state index contributed by atoms with van der Waals surface area (Å²) in [6.07, 6.45) is 0. The van der Waals surface area contributed by atoms with Crippen molar-refractivity contribution in [2.45, 2.75) is 13.2 Å². The van der Waals surface area contributed by atoms with Gasteiger partial charge in [-0.15, -0.1) is 0 Å². The van der Waals surface area contributed by atoms with Crippen LogP contribution in [0.5, 0.6) is 0 Å². The molecule has 0 saturated heterocycles. The molecule has 2 rings (SSSR count). The lowest BCUT2D eigenvalue weighted by Crippen LogP contribution is -2.18. The first-order valence-electron chi connectivity index (χ1n) is 5.95. The van der Waals surface area contributed by atoms with Crippen LogP contribution < -0.4 is 4.90 Å². The lowest BCUT2D eigenvalue weighted by molar-refractivity contribution is 0.282. The Labute approximate surface area is 126 Å². The van der Waals surface area contributed by atoms with Crippen LogP contribution >= 0.6 is 27.5 Å². The molecular weight excluding hydrogens is 326 g/mol. The highest BCUT2D eigenvalue weighted by molar-refractivity contribution is 9.10. The lowest BCUT2D eigenvalue weighted by Gasteiger charge is -2.23. The molecule has 19 heavy (non-hydrogen) atoms. The zero-order valence-corrected chi connectivity index (χ0v) is 12.9. The number of halogens is 2. The molecule has 0 aliphatic carbocycles. The third-order valence-electron chi connectivity index (χ3n) is 2.99. The fourth-order valence-electron chi connectivity index (χ4n) is 2.02. The molecule has 1 N–H and O–H groups in total. The number of rotatable bonds is 4. The maximum Gasteiger partial charge on any atom is 0.0702 e. The molecule has 4 heteroatoms. The summed E-state index contributed by atoms with van der Waals surface area (Å²) in [6, 6.07) is 13.7. The summed E-state index contributed by atoms with van der Waals surface area (Å²) in [6.45, 7) is 0.742. The quantitative estimate of drug-likeness (QED) is 0.900. The van der Waals surface area contributed by atoms with Gasteiger partial charge in [0.15, 0.2) is 0 Å². The Morgan fingerprint density at radius 3 is 2.58 bits per heavy atom. The Morgan fingerprint density at radius 2 is 1.89 bits per heavy atom. The Kier molecular flexibility index (Phi) is 4.86. The molecule has 0 atom stereocenters. The Hall–Kier alpha value is -1.03. The molecule has 100 valence electrons. The topological polar surface area (TPSA) is 23.5 Å². The van der Waals surface area contributed by atoms with Gasteiger partial charge >= 0.3 is 0 Å². The van der Waals surface area contributed by atoms with Gasteiger partial charge in [-0.2, -0.15) is 0 Å². The minimum Gasteiger partial charge on any atom is -0.392 e. The second kappa shape index (κ2) is 6.42. The highest BCUT2D eigenvalue weighted by atomic mass is 79.9. The van der Waals surface area contributed by atoms with E-state index < -0.39 is 0 Å². The van der Waals surface area contributed by atoms with E-state index in [1.54, 1.807) is 6.07 Å². The molecule has 0 radical (unpaired) electrons. The average molecular weight is 341 g/mol. The molecular formula is C15H15BrClNO. The van der Waals surface area contributed by atoms with Crippen LogP contribution in [0.1, 0.15) is 11.1 Å². The summed E-state index contributed by atoms with van der Waals surface area (Å²) in [5.41, 5.74) is 3.02. The van der Waals surface area contributed by atoms with Crippen molar-refractivity contribution >= 4 is 33.2 Å². The van der Waals surface area contributed by atoms with Gasteiger partial charge in [-0.05, 0) is 29.8 Å². The van der Waals surface area contributed by atoms with Crippen LogP contribution in [0.4, 0.5) is 5.69 Å². The van der Waals surface area contributed by atoms with Crippen molar-refractivity contribution in [2.75, 3.05) is 11.9 Å². The van der Waals surface area contributed by atoms with E-state index in [9.17, 15) is 5.11 Å². The van der Waals surface area contributed by atoms with Crippen LogP contribution in [-0.4, -0.2) is 12.2 Å². The van der Waals surface area contributed by atoms with Crippen LogP contribution in [0, 0.1) is 0 Å².